The van der Waals surface area contributed by atoms with Gasteiger partial charge in [-0.05, 0) is 92.2 Å². The van der Waals surface area contributed by atoms with E-state index in [2.05, 4.69) is 125 Å². The molecule has 0 bridgehead atoms. The minimum absolute atomic E-state index is 0.198. The van der Waals surface area contributed by atoms with Gasteiger partial charge in [0.1, 0.15) is 5.49 Å². The van der Waals surface area contributed by atoms with Gasteiger partial charge >= 0.3 is 0 Å². The summed E-state index contributed by atoms with van der Waals surface area (Å²) in [4.78, 5) is 8.24. The topological polar surface area (TPSA) is 56.9 Å². The molecule has 0 saturated carbocycles. The number of aromatic nitrogens is 2. The average Bonchev–Trinajstić information content (AvgIpc) is 3.47. The highest BCUT2D eigenvalue weighted by Crippen LogP contribution is 2.49. The molecule has 0 unspecified atom stereocenters. The van der Waals surface area contributed by atoms with E-state index in [0.29, 0.717) is 5.49 Å². The summed E-state index contributed by atoms with van der Waals surface area (Å²) in [5.74, 6) is 0.198. The van der Waals surface area contributed by atoms with Gasteiger partial charge in [0.2, 0.25) is 0 Å². The van der Waals surface area contributed by atoms with Gasteiger partial charge in [0.05, 0.1) is 11.0 Å². The molecular weight excluding hydrogens is 609 g/mol. The Hall–Kier alpha value is -6.78. The van der Waals surface area contributed by atoms with Crippen LogP contribution in [-0.2, 0) is 0 Å². The number of fused-ring (bicyclic) bond motifs is 3. The maximum atomic E-state index is 9.08. The van der Waals surface area contributed by atoms with Gasteiger partial charge in [0.15, 0.2) is 5.84 Å². The molecule has 4 nitrogen and oxygen atoms in total. The Labute approximate surface area is 288 Å². The molecule has 1 aliphatic carbocycles. The smallest absolute Gasteiger partial charge is 0.154 e. The summed E-state index contributed by atoms with van der Waals surface area (Å²) in [6.07, 6.45) is 1.97. The van der Waals surface area contributed by atoms with Gasteiger partial charge in [-0.15, -0.1) is 0 Å². The second kappa shape index (κ2) is 11.1. The fourth-order valence-corrected chi connectivity index (χ4v) is 7.77. The van der Waals surface area contributed by atoms with Crippen molar-refractivity contribution in [1.29, 1.82) is 5.41 Å². The number of hydrogen-bond donors (Lipinski definition) is 2. The summed E-state index contributed by atoms with van der Waals surface area (Å²) in [6.45, 7) is 0. The Morgan fingerprint density at radius 2 is 1.10 bits per heavy atom. The van der Waals surface area contributed by atoms with Crippen molar-refractivity contribution >= 4 is 38.4 Å². The van der Waals surface area contributed by atoms with E-state index in [1.165, 1.54) is 54.8 Å². The number of nitrogens with zero attached hydrogens (tertiary/aromatic N) is 2. The zero-order valence-electron chi connectivity index (χ0n) is 27.1. The molecule has 9 aromatic rings. The number of pyridine rings is 1. The summed E-state index contributed by atoms with van der Waals surface area (Å²) in [5.41, 5.74) is 14.0. The standard InChI is InChI=1S/C46H30N4/c47-45(49-46-39(30-13-5-2-6-14-30)27-33(28-48-46)29-11-3-1-4-12-29)32-21-24-34(25-22-32)50-40-20-10-19-38-36-17-8-7-16-35(36)37-18-9-15-31-23-26-41(50)44(42(31)37)43(38)40/h1-28H,(H2,47,48,49). The molecule has 0 amide bonds. The van der Waals surface area contributed by atoms with Crippen LogP contribution in [0.15, 0.2) is 175 Å². The summed E-state index contributed by atoms with van der Waals surface area (Å²) in [6, 6.07) is 57.5. The second-order valence-corrected chi connectivity index (χ2v) is 12.8. The molecule has 50 heavy (non-hydrogen) atoms. The Morgan fingerprint density at radius 3 is 1.84 bits per heavy atom. The third kappa shape index (κ3) is 4.32. The number of nitrogens with one attached hydrogen (secondary N) is 2. The molecule has 1 aliphatic rings. The van der Waals surface area contributed by atoms with Crippen LogP contribution in [0.5, 0.6) is 0 Å². The molecule has 0 radical (unpaired) electrons. The highest BCUT2D eigenvalue weighted by molar-refractivity contribution is 6.30. The molecular formula is C46H30N4. The largest absolute Gasteiger partial charge is 0.345 e. The fourth-order valence-electron chi connectivity index (χ4n) is 7.77. The maximum Gasteiger partial charge on any atom is 0.154 e. The monoisotopic (exact) mass is 638 g/mol. The number of hydrogen-bond acceptors (Lipinski definition) is 1. The van der Waals surface area contributed by atoms with E-state index in [9.17, 15) is 0 Å². The number of rotatable bonds is 4. The lowest BCUT2D eigenvalue weighted by atomic mass is 9.93. The van der Waals surface area contributed by atoms with E-state index in [1.807, 2.05) is 54.7 Å². The second-order valence-electron chi connectivity index (χ2n) is 12.8. The van der Waals surface area contributed by atoms with E-state index < -0.39 is 0 Å². The van der Waals surface area contributed by atoms with Gasteiger partial charge in [-0.2, -0.15) is 0 Å². The lowest BCUT2D eigenvalue weighted by molar-refractivity contribution is 1.15. The zero-order valence-corrected chi connectivity index (χ0v) is 27.1. The number of H-pyrrole nitrogens is 1. The fraction of sp³-hybridized carbons (Fsp3) is 0. The zero-order chi connectivity index (χ0) is 33.2. The first-order valence-corrected chi connectivity index (χ1v) is 16.9. The van der Waals surface area contributed by atoms with Gasteiger partial charge < -0.3 is 9.55 Å². The Bertz CT molecular complexity index is 2860. The van der Waals surface area contributed by atoms with Crippen LogP contribution >= 0.6 is 0 Å². The van der Waals surface area contributed by atoms with Crippen LogP contribution in [0.4, 0.5) is 0 Å². The predicted molar refractivity (Wildman–Crippen MR) is 207 cm³/mol. The first kappa shape index (κ1) is 28.3. The van der Waals surface area contributed by atoms with Crippen molar-refractivity contribution in [3.05, 3.63) is 181 Å². The van der Waals surface area contributed by atoms with Crippen molar-refractivity contribution in [2.24, 2.45) is 4.99 Å². The highest BCUT2D eigenvalue weighted by Gasteiger charge is 2.24. The van der Waals surface area contributed by atoms with Crippen LogP contribution < -0.4 is 5.49 Å². The molecule has 234 valence electrons. The molecule has 0 aliphatic heterocycles. The Morgan fingerprint density at radius 1 is 0.480 bits per heavy atom. The van der Waals surface area contributed by atoms with E-state index in [0.717, 1.165) is 33.5 Å². The van der Waals surface area contributed by atoms with Crippen molar-refractivity contribution in [1.82, 2.24) is 9.55 Å². The van der Waals surface area contributed by atoms with Crippen LogP contribution in [0.2, 0.25) is 0 Å². The first-order valence-electron chi connectivity index (χ1n) is 16.9. The van der Waals surface area contributed by atoms with E-state index >= 15 is 0 Å². The van der Waals surface area contributed by atoms with Crippen LogP contribution in [0.1, 0.15) is 5.56 Å². The van der Waals surface area contributed by atoms with Crippen molar-refractivity contribution in [2.75, 3.05) is 0 Å². The minimum Gasteiger partial charge on any atom is -0.345 e. The number of amidine groups is 1. The molecule has 2 aromatic heterocycles. The average molecular weight is 639 g/mol. The normalized spacial score (nSPS) is 12.2. The molecule has 2 heterocycles. The van der Waals surface area contributed by atoms with Crippen molar-refractivity contribution < 1.29 is 0 Å². The molecule has 0 fully saturated rings. The van der Waals surface area contributed by atoms with Crippen LogP contribution in [0.25, 0.3) is 82.8 Å². The summed E-state index contributed by atoms with van der Waals surface area (Å²) >= 11 is 0. The van der Waals surface area contributed by atoms with Crippen LogP contribution in [-0.4, -0.2) is 15.4 Å². The third-order valence-corrected chi connectivity index (χ3v) is 10.0. The molecule has 0 saturated heterocycles. The first-order chi connectivity index (χ1) is 24.7. The SMILES string of the molecule is N=C(N=c1[nH]cc(-c2ccccc2)cc1-c1ccccc1)c1ccc(-n2c3cccc4c3c3c5c(cccc5ccc32)-c2ccccc2-4)cc1. The summed E-state index contributed by atoms with van der Waals surface area (Å²) in [5, 5.41) is 14.2. The molecule has 10 rings (SSSR count). The Balaban J connectivity index is 1.10. The van der Waals surface area contributed by atoms with E-state index in [1.54, 1.807) is 0 Å². The van der Waals surface area contributed by atoms with Crippen LogP contribution in [0, 0.1) is 5.41 Å². The van der Waals surface area contributed by atoms with E-state index in [4.69, 9.17) is 10.4 Å². The third-order valence-electron chi connectivity index (χ3n) is 10.0. The summed E-state index contributed by atoms with van der Waals surface area (Å²) in [7, 11) is 0. The van der Waals surface area contributed by atoms with Crippen molar-refractivity contribution in [2.45, 2.75) is 0 Å². The highest BCUT2D eigenvalue weighted by atomic mass is 15.0. The molecule has 4 heteroatoms. The van der Waals surface area contributed by atoms with Gasteiger partial charge in [-0.25, -0.2) is 4.99 Å². The Kier molecular flexibility index (Phi) is 6.30. The molecule has 2 N–H and O–H groups in total. The molecule has 7 aromatic carbocycles. The molecule has 0 atom stereocenters. The van der Waals surface area contributed by atoms with Gasteiger partial charge in [0.25, 0.3) is 0 Å². The van der Waals surface area contributed by atoms with Gasteiger partial charge in [0, 0.05) is 33.8 Å². The number of benzene rings is 7. The van der Waals surface area contributed by atoms with Gasteiger partial charge in [-0.3, -0.25) is 5.41 Å². The lowest BCUT2D eigenvalue weighted by Crippen LogP contribution is -2.14. The van der Waals surface area contributed by atoms with Gasteiger partial charge in [-0.1, -0.05) is 121 Å². The van der Waals surface area contributed by atoms with E-state index in [-0.39, 0.29) is 5.84 Å². The summed E-state index contributed by atoms with van der Waals surface area (Å²) < 4.78 is 2.37. The number of aromatic amines is 1. The van der Waals surface area contributed by atoms with Crippen LogP contribution in [0.3, 0.4) is 0 Å². The van der Waals surface area contributed by atoms with Crippen molar-refractivity contribution in [3.63, 3.8) is 0 Å². The quantitative estimate of drug-likeness (QED) is 0.142. The van der Waals surface area contributed by atoms with Crippen molar-refractivity contribution in [3.8, 4) is 50.2 Å². The predicted octanol–water partition coefficient (Wildman–Crippen LogP) is 11.2. The molecule has 0 spiro atoms. The maximum absolute atomic E-state index is 9.08. The minimum atomic E-state index is 0.198. The lowest BCUT2D eigenvalue weighted by Gasteiger charge is -2.14.